The molecule has 8 heteroatoms. The maximum absolute atomic E-state index is 12.7. The van der Waals surface area contributed by atoms with Gasteiger partial charge in [0.15, 0.2) is 0 Å². The molecule has 2 heterocycles. The molecule has 1 aromatic heterocycles. The van der Waals surface area contributed by atoms with E-state index in [2.05, 4.69) is 16.7 Å². The number of hydrogen-bond donors (Lipinski definition) is 1. The van der Waals surface area contributed by atoms with E-state index in [1.807, 2.05) is 18.2 Å². The summed E-state index contributed by atoms with van der Waals surface area (Å²) in [6.45, 7) is 5.78. The quantitative estimate of drug-likeness (QED) is 0.733. The van der Waals surface area contributed by atoms with Crippen LogP contribution >= 0.6 is 11.3 Å². The van der Waals surface area contributed by atoms with Gasteiger partial charge in [-0.3, -0.25) is 0 Å². The number of piperazine rings is 1. The summed E-state index contributed by atoms with van der Waals surface area (Å²) in [4.78, 5) is 2.14. The van der Waals surface area contributed by atoms with Gasteiger partial charge in [-0.05, 0) is 43.0 Å². The van der Waals surface area contributed by atoms with Gasteiger partial charge >= 0.3 is 0 Å². The molecule has 0 radical (unpaired) electrons. The Kier molecular flexibility index (Phi) is 6.66. The third kappa shape index (κ3) is 5.00. The molecule has 0 saturated carbocycles. The second-order valence-corrected chi connectivity index (χ2v) is 10.5. The molecular weight excluding hydrogens is 408 g/mol. The highest BCUT2D eigenvalue weighted by molar-refractivity contribution is 7.91. The normalized spacial score (nSPS) is 15.8. The minimum Gasteiger partial charge on any atom is -0.386 e. The Bertz CT molecular complexity index is 992. The Balaban J connectivity index is 1.82. The minimum absolute atomic E-state index is 0.318. The smallest absolute Gasteiger partial charge is 0.252 e. The molecule has 156 valence electrons. The van der Waals surface area contributed by atoms with Crippen LogP contribution < -0.4 is 4.90 Å². The first kappa shape index (κ1) is 21.8. The van der Waals surface area contributed by atoms with E-state index in [0.29, 0.717) is 37.0 Å². The van der Waals surface area contributed by atoms with Crippen LogP contribution in [-0.2, 0) is 20.4 Å². The van der Waals surface area contributed by atoms with Crippen LogP contribution in [0, 0.1) is 11.8 Å². The van der Waals surface area contributed by atoms with Gasteiger partial charge in [0.1, 0.15) is 10.8 Å². The lowest BCUT2D eigenvalue weighted by Crippen LogP contribution is -2.48. The lowest BCUT2D eigenvalue weighted by atomic mass is 9.95. The first-order chi connectivity index (χ1) is 13.7. The van der Waals surface area contributed by atoms with Gasteiger partial charge in [0.25, 0.3) is 10.0 Å². The van der Waals surface area contributed by atoms with E-state index < -0.39 is 15.6 Å². The third-order valence-corrected chi connectivity index (χ3v) is 8.08. The molecule has 1 saturated heterocycles. The molecule has 1 aliphatic heterocycles. The number of methoxy groups -OCH3 is 1. The largest absolute Gasteiger partial charge is 0.386 e. The van der Waals surface area contributed by atoms with E-state index in [9.17, 15) is 13.5 Å². The number of hydrogen-bond acceptors (Lipinski definition) is 6. The van der Waals surface area contributed by atoms with Crippen LogP contribution in [0.4, 0.5) is 5.69 Å². The molecule has 0 unspecified atom stereocenters. The van der Waals surface area contributed by atoms with Crippen LogP contribution in [0.3, 0.4) is 0 Å². The van der Waals surface area contributed by atoms with Gasteiger partial charge in [0, 0.05) is 38.9 Å². The van der Waals surface area contributed by atoms with Crippen molar-refractivity contribution in [1.82, 2.24) is 4.31 Å². The number of sulfonamides is 1. The summed E-state index contributed by atoms with van der Waals surface area (Å²) in [5.74, 6) is 6.11. The van der Waals surface area contributed by atoms with E-state index in [1.54, 1.807) is 38.5 Å². The SMILES string of the molecule is COCC#Cc1cc(C(C)(C)O)ccc1N1CCN(S(=O)(=O)c2cccs2)CC1. The fourth-order valence-electron chi connectivity index (χ4n) is 3.20. The Morgan fingerprint density at radius 3 is 2.52 bits per heavy atom. The Morgan fingerprint density at radius 1 is 1.21 bits per heavy atom. The average Bonchev–Trinajstić information content (AvgIpc) is 3.23. The van der Waals surface area contributed by atoms with Crippen molar-refractivity contribution in [1.29, 1.82) is 0 Å². The van der Waals surface area contributed by atoms with Crippen molar-refractivity contribution in [2.75, 3.05) is 44.8 Å². The molecule has 6 nitrogen and oxygen atoms in total. The number of ether oxygens (including phenoxy) is 1. The summed E-state index contributed by atoms with van der Waals surface area (Å²) >= 11 is 1.24. The average molecular weight is 435 g/mol. The predicted molar refractivity (Wildman–Crippen MR) is 116 cm³/mol. The maximum atomic E-state index is 12.7. The summed E-state index contributed by atoms with van der Waals surface area (Å²) in [5, 5.41) is 12.1. The zero-order chi connectivity index (χ0) is 21.1. The number of benzene rings is 1. The van der Waals surface area contributed by atoms with Crippen LogP contribution in [-0.4, -0.2) is 57.7 Å². The zero-order valence-electron chi connectivity index (χ0n) is 16.9. The highest BCUT2D eigenvalue weighted by Gasteiger charge is 2.30. The van der Waals surface area contributed by atoms with Crippen LogP contribution in [0.2, 0.25) is 0 Å². The first-order valence-electron chi connectivity index (χ1n) is 9.37. The van der Waals surface area contributed by atoms with Gasteiger partial charge < -0.3 is 14.7 Å². The summed E-state index contributed by atoms with van der Waals surface area (Å²) in [5.41, 5.74) is 1.55. The van der Waals surface area contributed by atoms with E-state index in [-0.39, 0.29) is 0 Å². The molecule has 0 aliphatic carbocycles. The van der Waals surface area contributed by atoms with Crippen molar-refractivity contribution in [3.05, 3.63) is 46.8 Å². The number of thiophene rings is 1. The number of anilines is 1. The minimum atomic E-state index is -3.43. The van der Waals surface area contributed by atoms with Crippen molar-refractivity contribution in [3.63, 3.8) is 0 Å². The lowest BCUT2D eigenvalue weighted by molar-refractivity contribution is 0.0786. The molecule has 0 spiro atoms. The highest BCUT2D eigenvalue weighted by atomic mass is 32.2. The zero-order valence-corrected chi connectivity index (χ0v) is 18.5. The van der Waals surface area contributed by atoms with Gasteiger partial charge in [-0.1, -0.05) is 24.0 Å². The van der Waals surface area contributed by atoms with E-state index in [0.717, 1.165) is 16.8 Å². The van der Waals surface area contributed by atoms with Gasteiger partial charge in [0.2, 0.25) is 0 Å². The maximum Gasteiger partial charge on any atom is 0.252 e. The fraction of sp³-hybridized carbons (Fsp3) is 0.429. The molecule has 2 aromatic rings. The second kappa shape index (κ2) is 8.86. The molecular formula is C21H26N2O4S2. The highest BCUT2D eigenvalue weighted by Crippen LogP contribution is 2.29. The van der Waals surface area contributed by atoms with E-state index >= 15 is 0 Å². The van der Waals surface area contributed by atoms with Crippen LogP contribution in [0.25, 0.3) is 0 Å². The summed E-state index contributed by atoms with van der Waals surface area (Å²) in [6, 6.07) is 9.14. The van der Waals surface area contributed by atoms with Crippen molar-refractivity contribution < 1.29 is 18.3 Å². The van der Waals surface area contributed by atoms with E-state index in [1.165, 1.54) is 15.6 Å². The second-order valence-electron chi connectivity index (χ2n) is 7.35. The van der Waals surface area contributed by atoms with Crippen LogP contribution in [0.15, 0.2) is 39.9 Å². The van der Waals surface area contributed by atoms with Gasteiger partial charge in [-0.25, -0.2) is 8.42 Å². The Labute approximate surface area is 176 Å². The van der Waals surface area contributed by atoms with E-state index in [4.69, 9.17) is 4.74 Å². The van der Waals surface area contributed by atoms with Crippen molar-refractivity contribution in [2.24, 2.45) is 0 Å². The molecule has 0 atom stereocenters. The van der Waals surface area contributed by atoms with Crippen molar-refractivity contribution >= 4 is 27.0 Å². The number of nitrogens with zero attached hydrogens (tertiary/aromatic N) is 2. The lowest BCUT2D eigenvalue weighted by Gasteiger charge is -2.36. The Hall–Kier alpha value is -1.89. The standard InChI is InChI=1S/C21H26N2O4S2/c1-21(2,24)18-8-9-19(17(16-18)6-4-14-27-3)22-10-12-23(13-11-22)29(25,26)20-7-5-15-28-20/h5,7-9,15-16,24H,10-14H2,1-3H3. The topological polar surface area (TPSA) is 70.1 Å². The van der Waals surface area contributed by atoms with Crippen LogP contribution in [0.5, 0.6) is 0 Å². The molecule has 1 aliphatic rings. The predicted octanol–water partition coefficient (Wildman–Crippen LogP) is 2.48. The summed E-state index contributed by atoms with van der Waals surface area (Å²) < 4.78 is 32.4. The van der Waals surface area contributed by atoms with Gasteiger partial charge in [-0.2, -0.15) is 4.31 Å². The molecule has 0 amide bonds. The molecule has 1 fully saturated rings. The van der Waals surface area contributed by atoms with Gasteiger partial charge in [0.05, 0.1) is 11.3 Å². The molecule has 0 bridgehead atoms. The Morgan fingerprint density at radius 2 is 1.93 bits per heavy atom. The van der Waals surface area contributed by atoms with Crippen molar-refractivity contribution in [3.8, 4) is 11.8 Å². The summed E-state index contributed by atoms with van der Waals surface area (Å²) in [7, 11) is -1.84. The molecule has 3 rings (SSSR count). The third-order valence-electron chi connectivity index (χ3n) is 4.81. The van der Waals surface area contributed by atoms with Crippen molar-refractivity contribution in [2.45, 2.75) is 23.7 Å². The first-order valence-corrected chi connectivity index (χ1v) is 11.7. The summed E-state index contributed by atoms with van der Waals surface area (Å²) in [6.07, 6.45) is 0. The fourth-order valence-corrected chi connectivity index (χ4v) is 5.77. The molecule has 1 N–H and O–H groups in total. The monoisotopic (exact) mass is 434 g/mol. The molecule has 1 aromatic carbocycles. The number of rotatable bonds is 5. The number of aliphatic hydroxyl groups is 1. The van der Waals surface area contributed by atoms with Gasteiger partial charge in [-0.15, -0.1) is 11.3 Å². The van der Waals surface area contributed by atoms with Crippen LogP contribution in [0.1, 0.15) is 25.0 Å². The molecule has 29 heavy (non-hydrogen) atoms.